The van der Waals surface area contributed by atoms with Crippen LogP contribution in [0.25, 0.3) is 0 Å². The smallest absolute Gasteiger partial charge is 0.420 e. The standard InChI is InChI=1S/C11H10ClF3N2O5/c1-3-21-10(18)5(2)22-8-6(11(13,14)15)4-7(12)16-9(8)17(19)20/h4-5H,3H2,1-2H3/t5-/m1/s1. The van der Waals surface area contributed by atoms with Gasteiger partial charge in [-0.2, -0.15) is 13.2 Å². The molecular formula is C11H10ClF3N2O5. The molecular weight excluding hydrogens is 333 g/mol. The fourth-order valence-corrected chi connectivity index (χ4v) is 1.61. The number of aromatic nitrogens is 1. The van der Waals surface area contributed by atoms with Gasteiger partial charge in [0.2, 0.25) is 10.9 Å². The van der Waals surface area contributed by atoms with Crippen LogP contribution in [0.15, 0.2) is 6.07 Å². The summed E-state index contributed by atoms with van der Waals surface area (Å²) in [6.07, 6.45) is -6.48. The van der Waals surface area contributed by atoms with Gasteiger partial charge in [-0.15, -0.1) is 0 Å². The second-order valence-electron chi connectivity index (χ2n) is 3.91. The quantitative estimate of drug-likeness (QED) is 0.353. The van der Waals surface area contributed by atoms with Crippen LogP contribution in [0.3, 0.4) is 0 Å². The minimum absolute atomic E-state index is 0.0282. The Morgan fingerprint density at radius 2 is 2.14 bits per heavy atom. The SMILES string of the molecule is CCOC(=O)[C@@H](C)Oc1c(C(F)(F)F)cc(Cl)nc1[N+](=O)[O-]. The lowest BCUT2D eigenvalue weighted by Gasteiger charge is -2.17. The molecule has 1 rings (SSSR count). The van der Waals surface area contributed by atoms with Gasteiger partial charge in [-0.1, -0.05) is 0 Å². The summed E-state index contributed by atoms with van der Waals surface area (Å²) in [6, 6.07) is 0.377. The first kappa shape index (κ1) is 18.0. The van der Waals surface area contributed by atoms with Crippen LogP contribution >= 0.6 is 11.6 Å². The highest BCUT2D eigenvalue weighted by Gasteiger charge is 2.41. The Hall–Kier alpha value is -2.10. The topological polar surface area (TPSA) is 91.6 Å². The zero-order valence-electron chi connectivity index (χ0n) is 11.3. The third kappa shape index (κ3) is 4.20. The summed E-state index contributed by atoms with van der Waals surface area (Å²) in [5.74, 6) is -3.40. The molecule has 0 aliphatic rings. The molecule has 0 bridgehead atoms. The van der Waals surface area contributed by atoms with Crippen molar-refractivity contribution >= 4 is 23.4 Å². The van der Waals surface area contributed by atoms with Crippen molar-refractivity contribution in [1.29, 1.82) is 0 Å². The Morgan fingerprint density at radius 1 is 1.55 bits per heavy atom. The lowest BCUT2D eigenvalue weighted by Crippen LogP contribution is -2.27. The highest BCUT2D eigenvalue weighted by Crippen LogP contribution is 2.42. The first-order valence-corrected chi connectivity index (χ1v) is 6.21. The second-order valence-corrected chi connectivity index (χ2v) is 4.30. The molecule has 0 aliphatic heterocycles. The number of carbonyl (C=O) groups excluding carboxylic acids is 1. The molecule has 0 saturated heterocycles. The predicted molar refractivity (Wildman–Crippen MR) is 67.6 cm³/mol. The third-order valence-corrected chi connectivity index (χ3v) is 2.51. The van der Waals surface area contributed by atoms with Gasteiger partial charge >= 0.3 is 18.0 Å². The van der Waals surface area contributed by atoms with Crippen molar-refractivity contribution in [3.63, 3.8) is 0 Å². The summed E-state index contributed by atoms with van der Waals surface area (Å²) in [7, 11) is 0. The molecule has 1 aromatic rings. The number of halogens is 4. The van der Waals surface area contributed by atoms with Crippen LogP contribution < -0.4 is 4.74 Å². The van der Waals surface area contributed by atoms with Gasteiger partial charge in [0.05, 0.1) is 6.61 Å². The van der Waals surface area contributed by atoms with Gasteiger partial charge in [-0.05, 0) is 35.4 Å². The van der Waals surface area contributed by atoms with E-state index in [1.54, 1.807) is 0 Å². The summed E-state index contributed by atoms with van der Waals surface area (Å²) >= 11 is 5.36. The molecule has 1 atom stereocenters. The van der Waals surface area contributed by atoms with E-state index < -0.39 is 45.5 Å². The number of rotatable bonds is 5. The molecule has 0 N–H and O–H groups in total. The van der Waals surface area contributed by atoms with Crippen LogP contribution in [0.2, 0.25) is 5.15 Å². The number of alkyl halides is 3. The first-order valence-electron chi connectivity index (χ1n) is 5.83. The number of hydrogen-bond donors (Lipinski definition) is 0. The van der Waals surface area contributed by atoms with Crippen molar-refractivity contribution in [2.75, 3.05) is 6.61 Å². The molecule has 0 amide bonds. The van der Waals surface area contributed by atoms with Crippen molar-refractivity contribution in [2.24, 2.45) is 0 Å². The molecule has 0 aromatic carbocycles. The lowest BCUT2D eigenvalue weighted by atomic mass is 10.2. The molecule has 22 heavy (non-hydrogen) atoms. The van der Waals surface area contributed by atoms with E-state index in [-0.39, 0.29) is 6.61 Å². The number of carbonyl (C=O) groups is 1. The number of nitrogens with zero attached hydrogens (tertiary/aromatic N) is 2. The highest BCUT2D eigenvalue weighted by atomic mass is 35.5. The van der Waals surface area contributed by atoms with Crippen molar-refractivity contribution in [3.05, 3.63) is 26.9 Å². The Morgan fingerprint density at radius 3 is 2.59 bits per heavy atom. The van der Waals surface area contributed by atoms with E-state index in [1.165, 1.54) is 6.92 Å². The zero-order chi connectivity index (χ0) is 17.1. The van der Waals surface area contributed by atoms with Gasteiger partial charge in [0.15, 0.2) is 6.10 Å². The number of nitro groups is 1. The van der Waals surface area contributed by atoms with Gasteiger partial charge in [0.1, 0.15) is 5.56 Å². The molecule has 0 spiro atoms. The van der Waals surface area contributed by atoms with Crippen molar-refractivity contribution < 1.29 is 32.4 Å². The van der Waals surface area contributed by atoms with Gasteiger partial charge in [-0.3, -0.25) is 0 Å². The predicted octanol–water partition coefficient (Wildman–Crippen LogP) is 2.99. The zero-order valence-corrected chi connectivity index (χ0v) is 12.1. The summed E-state index contributed by atoms with van der Waals surface area (Å²) in [4.78, 5) is 24.3. The fourth-order valence-electron chi connectivity index (χ4n) is 1.42. The van der Waals surface area contributed by atoms with Crippen LogP contribution in [0, 0.1) is 10.1 Å². The summed E-state index contributed by atoms with van der Waals surface area (Å²) in [5, 5.41) is 10.1. The number of esters is 1. The largest absolute Gasteiger partial charge is 0.470 e. The number of ether oxygens (including phenoxy) is 2. The van der Waals surface area contributed by atoms with E-state index in [2.05, 4.69) is 9.72 Å². The molecule has 122 valence electrons. The van der Waals surface area contributed by atoms with Crippen LogP contribution in [0.1, 0.15) is 19.4 Å². The van der Waals surface area contributed by atoms with E-state index in [9.17, 15) is 28.1 Å². The average molecular weight is 343 g/mol. The van der Waals surface area contributed by atoms with Gasteiger partial charge in [0.25, 0.3) is 0 Å². The molecule has 0 radical (unpaired) electrons. The molecule has 0 aliphatic carbocycles. The lowest BCUT2D eigenvalue weighted by molar-refractivity contribution is -0.390. The van der Waals surface area contributed by atoms with Crippen LogP contribution in [0.4, 0.5) is 19.0 Å². The van der Waals surface area contributed by atoms with Gasteiger partial charge in [0, 0.05) is 6.07 Å². The maximum Gasteiger partial charge on any atom is 0.420 e. The molecule has 1 aromatic heterocycles. The average Bonchev–Trinajstić information content (AvgIpc) is 2.38. The molecule has 0 saturated carbocycles. The highest BCUT2D eigenvalue weighted by molar-refractivity contribution is 6.29. The monoisotopic (exact) mass is 342 g/mol. The Kier molecular flexibility index (Phi) is 5.53. The number of pyridine rings is 1. The van der Waals surface area contributed by atoms with Crippen molar-refractivity contribution in [3.8, 4) is 5.75 Å². The normalized spacial score (nSPS) is 12.6. The fraction of sp³-hybridized carbons (Fsp3) is 0.455. The molecule has 7 nitrogen and oxygen atoms in total. The molecule has 0 fully saturated rings. The summed E-state index contributed by atoms with van der Waals surface area (Å²) in [5.41, 5.74) is -1.50. The summed E-state index contributed by atoms with van der Waals surface area (Å²) < 4.78 is 48.2. The van der Waals surface area contributed by atoms with Gasteiger partial charge < -0.3 is 19.6 Å². The second kappa shape index (κ2) is 6.77. The van der Waals surface area contributed by atoms with Crippen LogP contribution in [-0.4, -0.2) is 28.6 Å². The van der Waals surface area contributed by atoms with Crippen LogP contribution in [0.5, 0.6) is 5.75 Å². The Labute approximate surface area is 127 Å². The maximum absolute atomic E-state index is 13.0. The first-order chi connectivity index (χ1) is 10.1. The molecule has 1 heterocycles. The third-order valence-electron chi connectivity index (χ3n) is 2.32. The van der Waals surface area contributed by atoms with Crippen molar-refractivity contribution in [2.45, 2.75) is 26.1 Å². The Balaban J connectivity index is 3.36. The van der Waals surface area contributed by atoms with E-state index in [0.29, 0.717) is 6.07 Å². The summed E-state index contributed by atoms with van der Waals surface area (Å²) in [6.45, 7) is 2.55. The Bertz CT molecular complexity index is 594. The van der Waals surface area contributed by atoms with E-state index in [0.717, 1.165) is 6.92 Å². The van der Waals surface area contributed by atoms with Crippen molar-refractivity contribution in [1.82, 2.24) is 4.98 Å². The van der Waals surface area contributed by atoms with E-state index in [1.807, 2.05) is 0 Å². The minimum atomic E-state index is -4.99. The van der Waals surface area contributed by atoms with Gasteiger partial charge in [-0.25, -0.2) is 4.79 Å². The van der Waals surface area contributed by atoms with E-state index in [4.69, 9.17) is 16.3 Å². The minimum Gasteiger partial charge on any atom is -0.470 e. The molecule has 11 heteroatoms. The number of hydrogen-bond acceptors (Lipinski definition) is 6. The van der Waals surface area contributed by atoms with E-state index >= 15 is 0 Å². The molecule has 0 unspecified atom stereocenters. The van der Waals surface area contributed by atoms with Crippen LogP contribution in [-0.2, 0) is 15.7 Å². The maximum atomic E-state index is 13.0.